The van der Waals surface area contributed by atoms with Crippen LogP contribution in [0.5, 0.6) is 0 Å². The largest absolute Gasteiger partial charge is 0.467 e. The first-order chi connectivity index (χ1) is 11.8. The van der Waals surface area contributed by atoms with Crippen molar-refractivity contribution in [3.8, 4) is 0 Å². The Labute approximate surface area is 145 Å². The molecule has 0 saturated heterocycles. The van der Waals surface area contributed by atoms with E-state index in [1.54, 1.807) is 12.1 Å². The zero-order valence-electron chi connectivity index (χ0n) is 13.7. The van der Waals surface area contributed by atoms with E-state index in [0.717, 1.165) is 0 Å². The molecule has 8 nitrogen and oxygen atoms in total. The smallest absolute Gasteiger partial charge is 0.338 e. The van der Waals surface area contributed by atoms with Crippen LogP contribution in [0.3, 0.4) is 0 Å². The summed E-state index contributed by atoms with van der Waals surface area (Å²) >= 11 is 0. The van der Waals surface area contributed by atoms with Crippen LogP contribution in [0.25, 0.3) is 0 Å². The van der Waals surface area contributed by atoms with Gasteiger partial charge in [-0.2, -0.15) is 0 Å². The first-order valence-electron chi connectivity index (χ1n) is 7.38. The number of amides is 1. The minimum Gasteiger partial charge on any atom is -0.467 e. The molecule has 1 atom stereocenters. The predicted molar refractivity (Wildman–Crippen MR) is 88.1 cm³/mol. The van der Waals surface area contributed by atoms with Gasteiger partial charge in [0.05, 0.1) is 23.3 Å². The Kier molecular flexibility index (Phi) is 5.94. The minimum atomic E-state index is -3.68. The van der Waals surface area contributed by atoms with Crippen molar-refractivity contribution in [3.05, 3.63) is 54.0 Å². The number of ether oxygens (including phenoxy) is 1. The van der Waals surface area contributed by atoms with Crippen LogP contribution in [0.15, 0.2) is 52.0 Å². The van der Waals surface area contributed by atoms with Crippen molar-refractivity contribution < 1.29 is 27.2 Å². The first kappa shape index (κ1) is 18.7. The normalized spacial score (nSPS) is 12.4. The average molecular weight is 366 g/mol. The molecule has 9 heteroatoms. The number of esters is 1. The lowest BCUT2D eigenvalue weighted by molar-refractivity contribution is -0.129. The average Bonchev–Trinajstić information content (AvgIpc) is 3.13. The minimum absolute atomic E-state index is 0.0296. The Bertz CT molecular complexity index is 845. The van der Waals surface area contributed by atoms with Gasteiger partial charge in [-0.25, -0.2) is 17.9 Å². The Hall–Kier alpha value is -2.65. The maximum Gasteiger partial charge on any atom is 0.338 e. The molecule has 0 radical (unpaired) electrons. The number of sulfonamides is 1. The van der Waals surface area contributed by atoms with Crippen LogP contribution in [0.1, 0.15) is 23.0 Å². The van der Waals surface area contributed by atoms with Crippen molar-refractivity contribution in [2.24, 2.45) is 0 Å². The maximum absolute atomic E-state index is 12.1. The van der Waals surface area contributed by atoms with Gasteiger partial charge in [0.2, 0.25) is 10.0 Å². The van der Waals surface area contributed by atoms with Crippen molar-refractivity contribution in [1.29, 1.82) is 0 Å². The van der Waals surface area contributed by atoms with Gasteiger partial charge in [-0.15, -0.1) is 0 Å². The van der Waals surface area contributed by atoms with E-state index in [1.165, 1.54) is 44.5 Å². The van der Waals surface area contributed by atoms with Crippen LogP contribution in [-0.2, 0) is 26.1 Å². The molecule has 1 heterocycles. The lowest BCUT2D eigenvalue weighted by Crippen LogP contribution is -2.35. The number of furan rings is 1. The van der Waals surface area contributed by atoms with Crippen molar-refractivity contribution in [3.63, 3.8) is 0 Å². The fraction of sp³-hybridized carbons (Fsp3) is 0.250. The number of hydrogen-bond donors (Lipinski definition) is 2. The highest BCUT2D eigenvalue weighted by Gasteiger charge is 2.20. The fourth-order valence-corrected chi connectivity index (χ4v) is 2.70. The summed E-state index contributed by atoms with van der Waals surface area (Å²) in [6.07, 6.45) is 0.434. The molecule has 0 bridgehead atoms. The van der Waals surface area contributed by atoms with Crippen LogP contribution in [0.2, 0.25) is 0 Å². The summed E-state index contributed by atoms with van der Waals surface area (Å²) in [6.45, 7) is 1.59. The topological polar surface area (TPSA) is 115 Å². The van der Waals surface area contributed by atoms with Gasteiger partial charge >= 0.3 is 5.97 Å². The standard InChI is InChI=1S/C16H18N2O6S/c1-11(15(19)18-10-13-6-4-8-23-13)24-16(20)12-5-3-7-14(9-12)25(21,22)17-2/h3-9,11,17H,10H2,1-2H3,(H,18,19)/t11-/m0/s1. The van der Waals surface area contributed by atoms with Crippen LogP contribution in [0.4, 0.5) is 0 Å². The molecule has 0 unspecified atom stereocenters. The third-order valence-corrected chi connectivity index (χ3v) is 4.73. The van der Waals surface area contributed by atoms with E-state index in [0.29, 0.717) is 5.76 Å². The van der Waals surface area contributed by atoms with E-state index in [9.17, 15) is 18.0 Å². The molecule has 0 spiro atoms. The molecule has 0 fully saturated rings. The van der Waals surface area contributed by atoms with Crippen molar-refractivity contribution in [2.75, 3.05) is 7.05 Å². The number of benzene rings is 1. The number of rotatable bonds is 7. The molecule has 2 aromatic rings. The molecule has 2 N–H and O–H groups in total. The first-order valence-corrected chi connectivity index (χ1v) is 8.86. The van der Waals surface area contributed by atoms with E-state index in [2.05, 4.69) is 10.0 Å². The Morgan fingerprint density at radius 3 is 2.64 bits per heavy atom. The highest BCUT2D eigenvalue weighted by atomic mass is 32.2. The van der Waals surface area contributed by atoms with E-state index >= 15 is 0 Å². The van der Waals surface area contributed by atoms with E-state index in [-0.39, 0.29) is 17.0 Å². The Balaban J connectivity index is 1.99. The van der Waals surface area contributed by atoms with E-state index < -0.39 is 28.0 Å². The summed E-state index contributed by atoms with van der Waals surface area (Å²) in [6, 6.07) is 8.75. The van der Waals surface area contributed by atoms with Crippen molar-refractivity contribution in [2.45, 2.75) is 24.5 Å². The maximum atomic E-state index is 12.1. The number of hydrogen-bond acceptors (Lipinski definition) is 6. The van der Waals surface area contributed by atoms with Crippen LogP contribution in [0, 0.1) is 0 Å². The van der Waals surface area contributed by atoms with Gasteiger partial charge in [-0.1, -0.05) is 6.07 Å². The van der Waals surface area contributed by atoms with Gasteiger partial charge in [0.1, 0.15) is 5.76 Å². The van der Waals surface area contributed by atoms with Gasteiger partial charge in [0.25, 0.3) is 5.91 Å². The van der Waals surface area contributed by atoms with Gasteiger partial charge in [0, 0.05) is 0 Å². The highest BCUT2D eigenvalue weighted by molar-refractivity contribution is 7.89. The Morgan fingerprint density at radius 1 is 1.24 bits per heavy atom. The second-order valence-electron chi connectivity index (χ2n) is 5.08. The van der Waals surface area contributed by atoms with E-state index in [1.807, 2.05) is 0 Å². The second kappa shape index (κ2) is 7.95. The third kappa shape index (κ3) is 4.91. The summed E-state index contributed by atoms with van der Waals surface area (Å²) < 4.78 is 35.9. The van der Waals surface area contributed by atoms with Gasteiger partial charge in [-0.3, -0.25) is 4.79 Å². The molecule has 1 aromatic heterocycles. The van der Waals surface area contributed by atoms with Crippen molar-refractivity contribution in [1.82, 2.24) is 10.0 Å². The molecule has 0 aliphatic heterocycles. The molecule has 0 aliphatic rings. The Morgan fingerprint density at radius 2 is 2.00 bits per heavy atom. The summed E-state index contributed by atoms with van der Waals surface area (Å²) in [7, 11) is -2.41. The van der Waals surface area contributed by atoms with Crippen LogP contribution >= 0.6 is 0 Å². The lowest BCUT2D eigenvalue weighted by Gasteiger charge is -2.13. The summed E-state index contributed by atoms with van der Waals surface area (Å²) in [4.78, 5) is 24.0. The van der Waals surface area contributed by atoms with Gasteiger partial charge < -0.3 is 14.5 Å². The molecule has 25 heavy (non-hydrogen) atoms. The quantitative estimate of drug-likeness (QED) is 0.708. The summed E-state index contributed by atoms with van der Waals surface area (Å²) in [5.41, 5.74) is 0.0296. The molecule has 1 aromatic carbocycles. The molecule has 0 saturated carbocycles. The van der Waals surface area contributed by atoms with Gasteiger partial charge in [-0.05, 0) is 44.3 Å². The molecular weight excluding hydrogens is 348 g/mol. The third-order valence-electron chi connectivity index (χ3n) is 3.32. The monoisotopic (exact) mass is 366 g/mol. The number of carbonyl (C=O) groups is 2. The zero-order valence-corrected chi connectivity index (χ0v) is 14.5. The van der Waals surface area contributed by atoms with E-state index in [4.69, 9.17) is 9.15 Å². The van der Waals surface area contributed by atoms with Crippen molar-refractivity contribution >= 4 is 21.9 Å². The van der Waals surface area contributed by atoms with Crippen LogP contribution in [-0.4, -0.2) is 33.4 Å². The summed E-state index contributed by atoms with van der Waals surface area (Å²) in [5, 5.41) is 2.57. The van der Waals surface area contributed by atoms with Gasteiger partial charge in [0.15, 0.2) is 6.10 Å². The predicted octanol–water partition coefficient (Wildman–Crippen LogP) is 1.05. The van der Waals surface area contributed by atoms with Crippen LogP contribution < -0.4 is 10.0 Å². The second-order valence-corrected chi connectivity index (χ2v) is 6.97. The molecule has 134 valence electrons. The molecular formula is C16H18N2O6S. The zero-order chi connectivity index (χ0) is 18.4. The number of carbonyl (C=O) groups excluding carboxylic acids is 2. The molecule has 0 aliphatic carbocycles. The fourth-order valence-electron chi connectivity index (χ4n) is 1.92. The lowest BCUT2D eigenvalue weighted by atomic mass is 10.2. The molecule has 1 amide bonds. The number of nitrogens with one attached hydrogen (secondary N) is 2. The molecule has 2 rings (SSSR count). The summed E-state index contributed by atoms with van der Waals surface area (Å²) in [5.74, 6) is -0.727. The highest BCUT2D eigenvalue weighted by Crippen LogP contribution is 2.13. The SMILES string of the molecule is CNS(=O)(=O)c1cccc(C(=O)O[C@@H](C)C(=O)NCc2ccco2)c1.